The maximum Gasteiger partial charge on any atom is 0.238 e. The van der Waals surface area contributed by atoms with E-state index in [0.717, 1.165) is 11.0 Å². The number of nitrogens with one attached hydrogen (secondary N) is 1. The van der Waals surface area contributed by atoms with Crippen LogP contribution in [-0.2, 0) is 0 Å². The fraction of sp³-hybridized carbons (Fsp3) is 0.167. The van der Waals surface area contributed by atoms with E-state index in [4.69, 9.17) is 16.3 Å². The van der Waals surface area contributed by atoms with Crippen LogP contribution in [0.1, 0.15) is 6.92 Å². The molecule has 0 aliphatic heterocycles. The summed E-state index contributed by atoms with van der Waals surface area (Å²) in [5, 5.41) is 3.53. The molecule has 0 amide bonds. The molecular weight excluding hydrogens is 397 g/mol. The first-order valence-corrected chi connectivity index (χ1v) is 7.46. The lowest BCUT2D eigenvalue weighted by Gasteiger charge is -2.09. The second kappa shape index (κ2) is 6.54. The zero-order valence-electron chi connectivity index (χ0n) is 9.95. The molecule has 0 aliphatic carbocycles. The number of benzene rings is 1. The minimum atomic E-state index is 0.412. The molecule has 0 atom stereocenters. The van der Waals surface area contributed by atoms with Crippen LogP contribution in [-0.4, -0.2) is 16.5 Å². The summed E-state index contributed by atoms with van der Waals surface area (Å²) in [5.74, 6) is 1.45. The van der Waals surface area contributed by atoms with E-state index in [-0.39, 0.29) is 0 Å². The van der Waals surface area contributed by atoms with Gasteiger partial charge in [-0.1, -0.05) is 27.5 Å². The molecule has 0 unspecified atom stereocenters. The largest absolute Gasteiger partial charge is 0.436 e. The summed E-state index contributed by atoms with van der Waals surface area (Å²) < 4.78 is 7.24. The van der Waals surface area contributed by atoms with E-state index in [0.29, 0.717) is 27.1 Å². The van der Waals surface area contributed by atoms with Gasteiger partial charge < -0.3 is 10.1 Å². The van der Waals surface area contributed by atoms with Crippen LogP contribution < -0.4 is 10.1 Å². The van der Waals surface area contributed by atoms with Gasteiger partial charge in [-0.3, -0.25) is 0 Å². The predicted molar refractivity (Wildman–Crippen MR) is 83.1 cm³/mol. The maximum absolute atomic E-state index is 6.10. The first kappa shape index (κ1) is 14.6. The van der Waals surface area contributed by atoms with E-state index in [1.807, 2.05) is 13.0 Å². The zero-order chi connectivity index (χ0) is 13.8. The van der Waals surface area contributed by atoms with Gasteiger partial charge in [-0.25, -0.2) is 4.98 Å². The van der Waals surface area contributed by atoms with Crippen LogP contribution in [0.3, 0.4) is 0 Å². The highest BCUT2D eigenvalue weighted by molar-refractivity contribution is 9.10. The lowest BCUT2D eigenvalue weighted by Crippen LogP contribution is -2.03. The van der Waals surface area contributed by atoms with E-state index in [1.54, 1.807) is 18.3 Å². The Morgan fingerprint density at radius 1 is 1.37 bits per heavy atom. The second-order valence-corrected chi connectivity index (χ2v) is 5.73. The third-order valence-electron chi connectivity index (χ3n) is 2.15. The number of halogens is 3. The van der Waals surface area contributed by atoms with Gasteiger partial charge in [0.1, 0.15) is 5.75 Å². The average Bonchev–Trinajstić information content (AvgIpc) is 2.37. The van der Waals surface area contributed by atoms with E-state index >= 15 is 0 Å². The Kier molecular flexibility index (Phi) is 5.01. The molecule has 0 saturated heterocycles. The monoisotopic (exact) mass is 405 g/mol. The number of aromatic nitrogens is 2. The van der Waals surface area contributed by atoms with Gasteiger partial charge in [0, 0.05) is 11.0 Å². The van der Waals surface area contributed by atoms with Crippen molar-refractivity contribution in [3.8, 4) is 11.6 Å². The van der Waals surface area contributed by atoms with Crippen LogP contribution in [0, 0.1) is 0 Å². The van der Waals surface area contributed by atoms with Crippen molar-refractivity contribution in [2.75, 3.05) is 11.9 Å². The first-order valence-electron chi connectivity index (χ1n) is 5.49. The Bertz CT molecular complexity index is 595. The summed E-state index contributed by atoms with van der Waals surface area (Å²) >= 11 is 12.8. The van der Waals surface area contributed by atoms with Crippen LogP contribution in [0.15, 0.2) is 33.3 Å². The first-order chi connectivity index (χ1) is 9.10. The molecule has 0 saturated carbocycles. The van der Waals surface area contributed by atoms with E-state index < -0.39 is 0 Å². The van der Waals surface area contributed by atoms with Gasteiger partial charge in [-0.05, 0) is 41.1 Å². The lowest BCUT2D eigenvalue weighted by atomic mass is 10.3. The van der Waals surface area contributed by atoms with Gasteiger partial charge in [0.15, 0.2) is 0 Å². The molecule has 100 valence electrons. The molecule has 2 aromatic rings. The number of hydrogen-bond acceptors (Lipinski definition) is 4. The van der Waals surface area contributed by atoms with Crippen LogP contribution in [0.25, 0.3) is 0 Å². The highest BCUT2D eigenvalue weighted by atomic mass is 79.9. The summed E-state index contributed by atoms with van der Waals surface area (Å²) in [6.45, 7) is 2.71. The van der Waals surface area contributed by atoms with Crippen molar-refractivity contribution in [1.29, 1.82) is 0 Å². The second-order valence-electron chi connectivity index (χ2n) is 3.55. The van der Waals surface area contributed by atoms with E-state index in [2.05, 4.69) is 47.1 Å². The highest BCUT2D eigenvalue weighted by Gasteiger charge is 2.10. The van der Waals surface area contributed by atoms with Gasteiger partial charge in [0.25, 0.3) is 0 Å². The minimum absolute atomic E-state index is 0.412. The van der Waals surface area contributed by atoms with Crippen LogP contribution in [0.5, 0.6) is 11.6 Å². The summed E-state index contributed by atoms with van der Waals surface area (Å²) in [7, 11) is 0. The average molecular weight is 407 g/mol. The van der Waals surface area contributed by atoms with Crippen molar-refractivity contribution >= 4 is 49.4 Å². The standard InChI is InChI=1S/C12H10Br2ClN3O/c1-2-16-12-17-6-8(14)11(18-12)19-10-4-3-7(13)5-9(10)15/h3-6H,2H2,1H3,(H,16,17,18). The molecule has 0 spiro atoms. The molecule has 19 heavy (non-hydrogen) atoms. The molecular formula is C12H10Br2ClN3O. The maximum atomic E-state index is 6.10. The van der Waals surface area contributed by atoms with Gasteiger partial charge >= 0.3 is 0 Å². The minimum Gasteiger partial charge on any atom is -0.436 e. The van der Waals surface area contributed by atoms with Gasteiger partial charge in [0.05, 0.1) is 15.7 Å². The molecule has 1 aromatic heterocycles. The van der Waals surface area contributed by atoms with Gasteiger partial charge in [0.2, 0.25) is 11.8 Å². The Labute approximate surface area is 132 Å². The predicted octanol–water partition coefficient (Wildman–Crippen LogP) is 4.88. The molecule has 0 fully saturated rings. The van der Waals surface area contributed by atoms with Crippen molar-refractivity contribution in [3.05, 3.63) is 38.4 Å². The Morgan fingerprint density at radius 3 is 2.84 bits per heavy atom. The fourth-order valence-corrected chi connectivity index (χ4v) is 2.31. The molecule has 1 aromatic carbocycles. The SMILES string of the molecule is CCNc1ncc(Br)c(Oc2ccc(Br)cc2Cl)n1. The summed E-state index contributed by atoms with van der Waals surface area (Å²) in [6.07, 6.45) is 1.63. The molecule has 0 bridgehead atoms. The van der Waals surface area contributed by atoms with E-state index in [9.17, 15) is 0 Å². The van der Waals surface area contributed by atoms with E-state index in [1.165, 1.54) is 0 Å². The summed E-state index contributed by atoms with van der Waals surface area (Å²) in [5.41, 5.74) is 0. The fourth-order valence-electron chi connectivity index (χ4n) is 1.33. The number of nitrogens with zero attached hydrogens (tertiary/aromatic N) is 2. The van der Waals surface area contributed by atoms with Crippen molar-refractivity contribution < 1.29 is 4.74 Å². The molecule has 0 radical (unpaired) electrons. The Hall–Kier alpha value is -0.850. The molecule has 4 nitrogen and oxygen atoms in total. The summed E-state index contributed by atoms with van der Waals surface area (Å²) in [6, 6.07) is 5.38. The Morgan fingerprint density at radius 2 is 2.16 bits per heavy atom. The van der Waals surface area contributed by atoms with Crippen molar-refractivity contribution in [1.82, 2.24) is 9.97 Å². The zero-order valence-corrected chi connectivity index (χ0v) is 13.9. The van der Waals surface area contributed by atoms with Gasteiger partial charge in [-0.2, -0.15) is 4.98 Å². The number of ether oxygens (including phenoxy) is 1. The van der Waals surface area contributed by atoms with Crippen molar-refractivity contribution in [2.45, 2.75) is 6.92 Å². The van der Waals surface area contributed by atoms with Gasteiger partial charge in [-0.15, -0.1) is 0 Å². The third-order valence-corrected chi connectivity index (χ3v) is 3.48. The number of rotatable bonds is 4. The normalized spacial score (nSPS) is 10.3. The molecule has 1 N–H and O–H groups in total. The third kappa shape index (κ3) is 3.81. The molecule has 0 aliphatic rings. The van der Waals surface area contributed by atoms with Crippen LogP contribution in [0.4, 0.5) is 5.95 Å². The molecule has 1 heterocycles. The number of anilines is 1. The topological polar surface area (TPSA) is 47.0 Å². The Balaban J connectivity index is 2.29. The molecule has 7 heteroatoms. The van der Waals surface area contributed by atoms with Crippen molar-refractivity contribution in [3.63, 3.8) is 0 Å². The quantitative estimate of drug-likeness (QED) is 0.785. The van der Waals surface area contributed by atoms with Crippen LogP contribution in [0.2, 0.25) is 5.02 Å². The number of hydrogen-bond donors (Lipinski definition) is 1. The smallest absolute Gasteiger partial charge is 0.238 e. The highest BCUT2D eigenvalue weighted by Crippen LogP contribution is 2.34. The van der Waals surface area contributed by atoms with Crippen molar-refractivity contribution in [2.24, 2.45) is 0 Å². The molecule has 2 rings (SSSR count). The summed E-state index contributed by atoms with van der Waals surface area (Å²) in [4.78, 5) is 8.38. The van der Waals surface area contributed by atoms with Crippen LogP contribution >= 0.6 is 43.5 Å². The lowest BCUT2D eigenvalue weighted by molar-refractivity contribution is 0.459.